The summed E-state index contributed by atoms with van der Waals surface area (Å²) >= 11 is 1.49. The average Bonchev–Trinajstić information content (AvgIpc) is 3.26. The highest BCUT2D eigenvalue weighted by atomic mass is 35.5. The quantitative estimate of drug-likeness (QED) is 0.764. The highest BCUT2D eigenvalue weighted by molar-refractivity contribution is 7.17. The Morgan fingerprint density at radius 1 is 1.36 bits per heavy atom. The Labute approximate surface area is 159 Å². The molecule has 0 spiro atoms. The first-order valence-corrected chi connectivity index (χ1v) is 9.40. The predicted octanol–water partition coefficient (Wildman–Crippen LogP) is 3.97. The number of ether oxygens (including phenoxy) is 1. The fraction of sp³-hybridized carbons (Fsp3) is 0.421. The number of rotatable bonds is 7. The molecule has 2 aromatic rings. The van der Waals surface area contributed by atoms with Gasteiger partial charge >= 0.3 is 0 Å². The van der Waals surface area contributed by atoms with Gasteiger partial charge < -0.3 is 15.4 Å². The third-order valence-corrected chi connectivity index (χ3v) is 5.43. The van der Waals surface area contributed by atoms with Crippen LogP contribution in [0.2, 0.25) is 0 Å². The van der Waals surface area contributed by atoms with E-state index < -0.39 is 0 Å². The lowest BCUT2D eigenvalue weighted by molar-refractivity contribution is 0.0952. The number of carbonyl (C=O) groups is 1. The first kappa shape index (κ1) is 19.8. The second-order valence-electron chi connectivity index (χ2n) is 6.01. The van der Waals surface area contributed by atoms with Gasteiger partial charge in [0.05, 0.1) is 6.61 Å². The SMILES string of the molecule is CCOc1cc(-c2ccccc2)sc1C(=O)NCCC1CCNC1.Cl. The van der Waals surface area contributed by atoms with E-state index in [1.165, 1.54) is 17.8 Å². The van der Waals surface area contributed by atoms with Crippen LogP contribution >= 0.6 is 23.7 Å². The van der Waals surface area contributed by atoms with Gasteiger partial charge in [-0.25, -0.2) is 0 Å². The van der Waals surface area contributed by atoms with Crippen LogP contribution in [-0.2, 0) is 0 Å². The number of benzene rings is 1. The van der Waals surface area contributed by atoms with Crippen molar-refractivity contribution in [3.63, 3.8) is 0 Å². The molecule has 1 unspecified atom stereocenters. The van der Waals surface area contributed by atoms with Gasteiger partial charge in [0.25, 0.3) is 5.91 Å². The van der Waals surface area contributed by atoms with E-state index in [9.17, 15) is 4.79 Å². The van der Waals surface area contributed by atoms with Gasteiger partial charge in [-0.3, -0.25) is 4.79 Å². The van der Waals surface area contributed by atoms with Crippen LogP contribution in [-0.4, -0.2) is 32.1 Å². The van der Waals surface area contributed by atoms with Crippen LogP contribution in [0.5, 0.6) is 5.75 Å². The first-order chi connectivity index (χ1) is 11.8. The summed E-state index contributed by atoms with van der Waals surface area (Å²) in [6, 6.07) is 12.1. The normalized spacial score (nSPS) is 16.3. The van der Waals surface area contributed by atoms with Crippen molar-refractivity contribution in [2.75, 3.05) is 26.2 Å². The van der Waals surface area contributed by atoms with Gasteiger partial charge in [0.1, 0.15) is 10.6 Å². The van der Waals surface area contributed by atoms with E-state index in [0.717, 1.165) is 36.5 Å². The van der Waals surface area contributed by atoms with Gasteiger partial charge in [-0.2, -0.15) is 0 Å². The number of carbonyl (C=O) groups excluding carboxylic acids is 1. The van der Waals surface area contributed by atoms with Gasteiger partial charge in [0.2, 0.25) is 0 Å². The summed E-state index contributed by atoms with van der Waals surface area (Å²) in [6.45, 7) is 5.37. The van der Waals surface area contributed by atoms with Crippen molar-refractivity contribution in [3.8, 4) is 16.2 Å². The van der Waals surface area contributed by atoms with Gasteiger partial charge in [0.15, 0.2) is 0 Å². The zero-order valence-electron chi connectivity index (χ0n) is 14.4. The predicted molar refractivity (Wildman–Crippen MR) is 106 cm³/mol. The molecule has 3 rings (SSSR count). The Hall–Kier alpha value is -1.56. The highest BCUT2D eigenvalue weighted by Crippen LogP contribution is 2.36. The van der Waals surface area contributed by atoms with Crippen LogP contribution < -0.4 is 15.4 Å². The molecule has 1 aromatic carbocycles. The Kier molecular flexibility index (Phi) is 7.75. The lowest BCUT2D eigenvalue weighted by Crippen LogP contribution is -2.26. The lowest BCUT2D eigenvalue weighted by atomic mass is 10.1. The largest absolute Gasteiger partial charge is 0.492 e. The molecule has 25 heavy (non-hydrogen) atoms. The Bertz CT molecular complexity index is 669. The fourth-order valence-corrected chi connectivity index (χ4v) is 3.99. The van der Waals surface area contributed by atoms with E-state index in [2.05, 4.69) is 22.8 Å². The maximum Gasteiger partial charge on any atom is 0.265 e. The zero-order valence-corrected chi connectivity index (χ0v) is 16.1. The molecule has 6 heteroatoms. The molecule has 136 valence electrons. The van der Waals surface area contributed by atoms with Crippen LogP contribution in [0.25, 0.3) is 10.4 Å². The number of hydrogen-bond donors (Lipinski definition) is 2. The zero-order chi connectivity index (χ0) is 16.8. The van der Waals surface area contributed by atoms with Crippen molar-refractivity contribution in [3.05, 3.63) is 41.3 Å². The number of thiophene rings is 1. The maximum absolute atomic E-state index is 12.6. The fourth-order valence-electron chi connectivity index (χ4n) is 2.97. The van der Waals surface area contributed by atoms with E-state index in [1.807, 2.05) is 31.2 Å². The maximum atomic E-state index is 12.6. The molecule has 1 aliphatic rings. The van der Waals surface area contributed by atoms with E-state index >= 15 is 0 Å². The molecule has 0 aliphatic carbocycles. The summed E-state index contributed by atoms with van der Waals surface area (Å²) in [7, 11) is 0. The minimum absolute atomic E-state index is 0. The summed E-state index contributed by atoms with van der Waals surface area (Å²) < 4.78 is 5.68. The van der Waals surface area contributed by atoms with Gasteiger partial charge in [-0.05, 0) is 50.4 Å². The van der Waals surface area contributed by atoms with Crippen molar-refractivity contribution in [2.24, 2.45) is 5.92 Å². The molecule has 1 aliphatic heterocycles. The third kappa shape index (κ3) is 5.21. The molecule has 1 saturated heterocycles. The monoisotopic (exact) mass is 380 g/mol. The van der Waals surface area contributed by atoms with E-state index in [1.54, 1.807) is 0 Å². The van der Waals surface area contributed by atoms with Crippen molar-refractivity contribution >= 4 is 29.7 Å². The smallest absolute Gasteiger partial charge is 0.265 e. The van der Waals surface area contributed by atoms with Crippen molar-refractivity contribution < 1.29 is 9.53 Å². The second kappa shape index (κ2) is 9.80. The van der Waals surface area contributed by atoms with Crippen molar-refractivity contribution in [1.29, 1.82) is 0 Å². The topological polar surface area (TPSA) is 50.4 Å². The third-order valence-electron chi connectivity index (χ3n) is 4.26. The Balaban J connectivity index is 0.00000225. The molecule has 0 bridgehead atoms. The van der Waals surface area contributed by atoms with E-state index in [4.69, 9.17) is 4.74 Å². The average molecular weight is 381 g/mol. The number of halogens is 1. The molecule has 0 radical (unpaired) electrons. The second-order valence-corrected chi connectivity index (χ2v) is 7.06. The van der Waals surface area contributed by atoms with Crippen LogP contribution in [0.15, 0.2) is 36.4 Å². The molecule has 2 N–H and O–H groups in total. The summed E-state index contributed by atoms with van der Waals surface area (Å²) in [5.74, 6) is 1.33. The first-order valence-electron chi connectivity index (χ1n) is 8.59. The molecule has 1 amide bonds. The van der Waals surface area contributed by atoms with Gasteiger partial charge in [0, 0.05) is 11.4 Å². The van der Waals surface area contributed by atoms with E-state index in [0.29, 0.717) is 23.2 Å². The van der Waals surface area contributed by atoms with E-state index in [-0.39, 0.29) is 18.3 Å². The Morgan fingerprint density at radius 2 is 2.16 bits per heavy atom. The lowest BCUT2D eigenvalue weighted by Gasteiger charge is -2.09. The summed E-state index contributed by atoms with van der Waals surface area (Å²) in [6.07, 6.45) is 2.23. The van der Waals surface area contributed by atoms with Gasteiger partial charge in [-0.1, -0.05) is 30.3 Å². The van der Waals surface area contributed by atoms with Crippen LogP contribution in [0.1, 0.15) is 29.4 Å². The van der Waals surface area contributed by atoms with Crippen LogP contribution in [0.3, 0.4) is 0 Å². The molecule has 4 nitrogen and oxygen atoms in total. The van der Waals surface area contributed by atoms with Crippen molar-refractivity contribution in [2.45, 2.75) is 19.8 Å². The summed E-state index contributed by atoms with van der Waals surface area (Å²) in [5, 5.41) is 6.41. The van der Waals surface area contributed by atoms with Crippen LogP contribution in [0.4, 0.5) is 0 Å². The van der Waals surface area contributed by atoms with Crippen LogP contribution in [0, 0.1) is 5.92 Å². The van der Waals surface area contributed by atoms with Crippen molar-refractivity contribution in [1.82, 2.24) is 10.6 Å². The van der Waals surface area contributed by atoms with Gasteiger partial charge in [-0.15, -0.1) is 23.7 Å². The Morgan fingerprint density at radius 3 is 2.84 bits per heavy atom. The standard InChI is InChI=1S/C19H24N2O2S.ClH/c1-2-23-16-12-17(15-6-4-3-5-7-15)24-18(16)19(22)21-11-9-14-8-10-20-13-14;/h3-7,12,14,20H,2,8-11,13H2,1H3,(H,21,22);1H. The summed E-state index contributed by atoms with van der Waals surface area (Å²) in [5.41, 5.74) is 1.11. The minimum atomic E-state index is -0.0309. The minimum Gasteiger partial charge on any atom is -0.492 e. The molecule has 2 heterocycles. The molecular weight excluding hydrogens is 356 g/mol. The number of nitrogens with one attached hydrogen (secondary N) is 2. The highest BCUT2D eigenvalue weighted by Gasteiger charge is 2.19. The molecule has 1 atom stereocenters. The number of hydrogen-bond acceptors (Lipinski definition) is 4. The number of amides is 1. The molecule has 1 aromatic heterocycles. The molecule has 0 saturated carbocycles. The molecule has 1 fully saturated rings. The molecular formula is C19H25ClN2O2S. The summed E-state index contributed by atoms with van der Waals surface area (Å²) in [4.78, 5) is 14.3.